The van der Waals surface area contributed by atoms with Gasteiger partial charge in [-0.2, -0.15) is 11.8 Å². The predicted octanol–water partition coefficient (Wildman–Crippen LogP) is -6.02. The number of aliphatic hydroxyl groups excluding tert-OH is 1. The molecule has 0 aromatic heterocycles. The number of likely N-dealkylation sites (tertiary alicyclic amines) is 1. The molecule has 24 heteroatoms. The number of guanidine groups is 1. The first kappa shape index (κ1) is 46.8. The Morgan fingerprint density at radius 2 is 1.52 bits per heavy atom. The third-order valence-electron chi connectivity index (χ3n) is 7.93. The Hall–Kier alpha value is -5.23. The largest absolute Gasteiger partial charge is 0.481 e. The predicted molar refractivity (Wildman–Crippen MR) is 192 cm³/mol. The van der Waals surface area contributed by atoms with E-state index in [0.717, 1.165) is 0 Å². The standard InChI is InChI=1S/C30H51N11O12S/c1-54-11-8-16(37-22(44)13-36-25(48)18(12-23(45)46)39-24(47)15(31)6-7-21(32)43)26(49)38-17(4-2-9-35-30(33)34)28(51)41-10-3-5-20(41)27(50)40-19(14-42)29(52)53/h15-20,42H,2-14,31H2,1H3,(H2,32,43)(H,36,48)(H,37,44)(H,38,49)(H,39,47)(H,40,50)(H,45,46)(H,52,53)(H4,33,34,35)/t15-,16-,17-,18-,19-,20-/m0/s1. The highest BCUT2D eigenvalue weighted by Crippen LogP contribution is 2.20. The van der Waals surface area contributed by atoms with Crippen molar-refractivity contribution in [3.05, 3.63) is 0 Å². The number of amides is 7. The second-order valence-corrected chi connectivity index (χ2v) is 13.2. The van der Waals surface area contributed by atoms with Gasteiger partial charge in [-0.1, -0.05) is 0 Å². The van der Waals surface area contributed by atoms with E-state index >= 15 is 0 Å². The number of thioether (sulfide) groups is 1. The minimum Gasteiger partial charge on any atom is -0.481 e. The number of primary amides is 1. The van der Waals surface area contributed by atoms with E-state index in [4.69, 9.17) is 22.9 Å². The fraction of sp³-hybridized carbons (Fsp3) is 0.667. The fourth-order valence-electron chi connectivity index (χ4n) is 5.12. The lowest BCUT2D eigenvalue weighted by atomic mass is 10.1. The molecule has 0 unspecified atom stereocenters. The minimum atomic E-state index is -1.65. The number of nitrogens with two attached hydrogens (primary N) is 4. The molecule has 304 valence electrons. The van der Waals surface area contributed by atoms with Gasteiger partial charge in [0.05, 0.1) is 25.6 Å². The van der Waals surface area contributed by atoms with E-state index in [9.17, 15) is 58.5 Å². The van der Waals surface area contributed by atoms with Crippen molar-refractivity contribution in [2.75, 3.05) is 38.2 Å². The lowest BCUT2D eigenvalue weighted by Crippen LogP contribution is -2.58. The molecule has 7 amide bonds. The van der Waals surface area contributed by atoms with Crippen molar-refractivity contribution in [3.8, 4) is 0 Å². The van der Waals surface area contributed by atoms with Crippen molar-refractivity contribution in [3.63, 3.8) is 0 Å². The maximum absolute atomic E-state index is 13.8. The quantitative estimate of drug-likeness (QED) is 0.0233. The molecule has 1 rings (SSSR count). The van der Waals surface area contributed by atoms with Gasteiger partial charge in [-0.05, 0) is 50.5 Å². The highest BCUT2D eigenvalue weighted by atomic mass is 32.2. The van der Waals surface area contributed by atoms with Crippen LogP contribution in [-0.4, -0.2) is 154 Å². The van der Waals surface area contributed by atoms with Crippen LogP contribution in [0.15, 0.2) is 4.99 Å². The normalized spacial score (nSPS) is 16.4. The van der Waals surface area contributed by atoms with E-state index in [1.807, 2.05) is 0 Å². The zero-order valence-corrected chi connectivity index (χ0v) is 30.6. The monoisotopic (exact) mass is 789 g/mol. The molecule has 23 nitrogen and oxygen atoms in total. The average Bonchev–Trinajstić information content (AvgIpc) is 3.60. The van der Waals surface area contributed by atoms with Crippen molar-refractivity contribution in [1.82, 2.24) is 31.5 Å². The summed E-state index contributed by atoms with van der Waals surface area (Å²) in [4.78, 5) is 117. The molecule has 1 saturated heterocycles. The summed E-state index contributed by atoms with van der Waals surface area (Å²) in [5.74, 6) is -8.67. The van der Waals surface area contributed by atoms with Crippen LogP contribution in [0.3, 0.4) is 0 Å². The molecular weight excluding hydrogens is 738 g/mol. The SMILES string of the molecule is CSCC[C@H](NC(=O)CNC(=O)[C@H](CC(=O)O)NC(=O)[C@@H](N)CCC(N)=O)C(=O)N[C@@H](CCCN=C(N)N)C(=O)N1CCC[C@H]1C(=O)N[C@@H](CO)C(=O)O. The summed E-state index contributed by atoms with van der Waals surface area (Å²) < 4.78 is 0. The van der Waals surface area contributed by atoms with Crippen molar-refractivity contribution in [2.45, 2.75) is 87.6 Å². The number of hydrogen-bond acceptors (Lipinski definition) is 13. The van der Waals surface area contributed by atoms with Crippen molar-refractivity contribution in [1.29, 1.82) is 0 Å². The number of nitrogens with zero attached hydrogens (tertiary/aromatic N) is 2. The summed E-state index contributed by atoms with van der Waals surface area (Å²) in [6.07, 6.45) is 1.28. The number of aliphatic imine (C=N–C) groups is 1. The molecular formula is C30H51N11O12S. The lowest BCUT2D eigenvalue weighted by Gasteiger charge is -2.30. The van der Waals surface area contributed by atoms with Crippen molar-refractivity contribution < 1.29 is 58.5 Å². The second kappa shape index (κ2) is 24.2. The molecule has 0 aromatic carbocycles. The van der Waals surface area contributed by atoms with Gasteiger partial charge in [-0.3, -0.25) is 43.3 Å². The average molecular weight is 790 g/mol. The molecule has 1 fully saturated rings. The zero-order chi connectivity index (χ0) is 41.0. The zero-order valence-electron chi connectivity index (χ0n) is 29.8. The molecule has 1 aliphatic rings. The molecule has 16 N–H and O–H groups in total. The first-order chi connectivity index (χ1) is 25.4. The summed E-state index contributed by atoms with van der Waals surface area (Å²) in [5, 5.41) is 39.4. The van der Waals surface area contributed by atoms with Crippen LogP contribution >= 0.6 is 11.8 Å². The van der Waals surface area contributed by atoms with Crippen molar-refractivity contribution in [2.24, 2.45) is 27.9 Å². The summed E-state index contributed by atoms with van der Waals surface area (Å²) in [5.41, 5.74) is 21.5. The number of carboxylic acids is 2. The molecule has 1 aliphatic heterocycles. The number of carbonyl (C=O) groups excluding carboxylic acids is 7. The highest BCUT2D eigenvalue weighted by molar-refractivity contribution is 7.98. The summed E-state index contributed by atoms with van der Waals surface area (Å²) >= 11 is 1.34. The van der Waals surface area contributed by atoms with E-state index in [2.05, 4.69) is 31.6 Å². The number of rotatable bonds is 25. The van der Waals surface area contributed by atoms with Gasteiger partial charge >= 0.3 is 11.9 Å². The van der Waals surface area contributed by atoms with Crippen molar-refractivity contribution >= 4 is 71.0 Å². The third-order valence-corrected chi connectivity index (χ3v) is 8.58. The molecule has 0 spiro atoms. The van der Waals surface area contributed by atoms with Gasteiger partial charge in [0.1, 0.15) is 30.2 Å². The van der Waals surface area contributed by atoms with E-state index in [1.165, 1.54) is 16.7 Å². The molecule has 0 saturated carbocycles. The Bertz CT molecular complexity index is 1400. The van der Waals surface area contributed by atoms with Crippen LogP contribution in [0, 0.1) is 0 Å². The highest BCUT2D eigenvalue weighted by Gasteiger charge is 2.39. The fourth-order valence-corrected chi connectivity index (χ4v) is 5.59. The van der Waals surface area contributed by atoms with Crippen LogP contribution in [0.25, 0.3) is 0 Å². The Labute approximate surface area is 314 Å². The van der Waals surface area contributed by atoms with Gasteiger partial charge in [-0.15, -0.1) is 0 Å². The van der Waals surface area contributed by atoms with Gasteiger partial charge in [0.2, 0.25) is 41.4 Å². The molecule has 6 atom stereocenters. The summed E-state index contributed by atoms with van der Waals surface area (Å²) in [6.45, 7) is -1.45. The van der Waals surface area contributed by atoms with Crippen LogP contribution < -0.4 is 49.5 Å². The maximum atomic E-state index is 13.8. The van der Waals surface area contributed by atoms with Crippen LogP contribution in [0.5, 0.6) is 0 Å². The van der Waals surface area contributed by atoms with E-state index in [1.54, 1.807) is 6.26 Å². The van der Waals surface area contributed by atoms with Crippen LogP contribution in [-0.2, 0) is 43.2 Å². The molecule has 0 aliphatic carbocycles. The third kappa shape index (κ3) is 17.1. The van der Waals surface area contributed by atoms with Crippen LogP contribution in [0.1, 0.15) is 51.4 Å². The first-order valence-electron chi connectivity index (χ1n) is 16.8. The number of nitrogens with one attached hydrogen (secondary N) is 5. The number of aliphatic carboxylic acids is 2. The van der Waals surface area contributed by atoms with E-state index in [-0.39, 0.29) is 57.6 Å². The first-order valence-corrected chi connectivity index (χ1v) is 18.2. The number of aliphatic hydroxyl groups is 1. The Kier molecular flexibility index (Phi) is 20.9. The smallest absolute Gasteiger partial charge is 0.328 e. The maximum Gasteiger partial charge on any atom is 0.328 e. The van der Waals surface area contributed by atoms with Crippen LogP contribution in [0.4, 0.5) is 0 Å². The van der Waals surface area contributed by atoms with E-state index < -0.39 is 109 Å². The molecule has 0 aromatic rings. The summed E-state index contributed by atoms with van der Waals surface area (Å²) in [6, 6.07) is -8.14. The number of carboxylic acid groups (broad SMARTS) is 2. The van der Waals surface area contributed by atoms with Gasteiger partial charge in [0, 0.05) is 19.5 Å². The van der Waals surface area contributed by atoms with Gasteiger partial charge in [0.15, 0.2) is 5.96 Å². The number of hydrogen-bond donors (Lipinski definition) is 12. The Balaban J connectivity index is 3.10. The lowest BCUT2D eigenvalue weighted by molar-refractivity contribution is -0.145. The van der Waals surface area contributed by atoms with Gasteiger partial charge in [-0.25, -0.2) is 4.79 Å². The molecule has 1 heterocycles. The van der Waals surface area contributed by atoms with E-state index in [0.29, 0.717) is 12.2 Å². The summed E-state index contributed by atoms with van der Waals surface area (Å²) in [7, 11) is 0. The van der Waals surface area contributed by atoms with Gasteiger partial charge in [0.25, 0.3) is 0 Å². The second-order valence-electron chi connectivity index (χ2n) is 12.2. The minimum absolute atomic E-state index is 0.0112. The Morgan fingerprint density at radius 1 is 0.852 bits per heavy atom. The van der Waals surface area contributed by atoms with Crippen LogP contribution in [0.2, 0.25) is 0 Å². The van der Waals surface area contributed by atoms with Gasteiger partial charge < -0.3 is 69.7 Å². The topological polar surface area (TPSA) is 394 Å². The Morgan fingerprint density at radius 3 is 2.09 bits per heavy atom. The number of carbonyl (C=O) groups is 9. The molecule has 0 radical (unpaired) electrons. The molecule has 54 heavy (non-hydrogen) atoms. The molecule has 0 bridgehead atoms.